The molecule has 178 valence electrons. The van der Waals surface area contributed by atoms with Crippen LogP contribution in [0.3, 0.4) is 0 Å². The van der Waals surface area contributed by atoms with Crippen molar-refractivity contribution in [3.8, 4) is 17.2 Å². The van der Waals surface area contributed by atoms with Crippen molar-refractivity contribution >= 4 is 29.1 Å². The molecule has 1 unspecified atom stereocenters. The van der Waals surface area contributed by atoms with Gasteiger partial charge in [0, 0.05) is 24.2 Å². The SMILES string of the molecule is COc1cccc(/C(O)=C2\C(=O)C(=O)N(c3cccc(OC)c3)C2c2cccc(OC(C)=O)c2)c1. The van der Waals surface area contributed by atoms with E-state index in [4.69, 9.17) is 14.2 Å². The van der Waals surface area contributed by atoms with Crippen LogP contribution in [0.2, 0.25) is 0 Å². The summed E-state index contributed by atoms with van der Waals surface area (Å²) >= 11 is 0. The Morgan fingerprint density at radius 2 is 1.49 bits per heavy atom. The van der Waals surface area contributed by atoms with Crippen molar-refractivity contribution in [3.05, 3.63) is 89.5 Å². The molecule has 0 spiro atoms. The quantitative estimate of drug-likeness (QED) is 0.188. The van der Waals surface area contributed by atoms with Gasteiger partial charge in [-0.2, -0.15) is 0 Å². The fourth-order valence-electron chi connectivity index (χ4n) is 4.01. The van der Waals surface area contributed by atoms with E-state index in [2.05, 4.69) is 0 Å². The van der Waals surface area contributed by atoms with Crippen LogP contribution in [0, 0.1) is 0 Å². The number of Topliss-reactive ketones (excluding diaryl/α,β-unsaturated/α-hetero) is 1. The predicted molar refractivity (Wildman–Crippen MR) is 129 cm³/mol. The van der Waals surface area contributed by atoms with E-state index in [1.54, 1.807) is 72.8 Å². The highest BCUT2D eigenvalue weighted by Crippen LogP contribution is 2.43. The van der Waals surface area contributed by atoms with Crippen molar-refractivity contribution in [1.29, 1.82) is 0 Å². The number of amides is 1. The molecular weight excluding hydrogens is 450 g/mol. The standard InChI is InChI=1S/C27H23NO7/c1-16(29)35-22-12-4-7-17(13-22)24-23(25(30)18-8-5-10-20(14-18)33-2)26(31)27(32)28(24)19-9-6-11-21(15-19)34-3/h4-15,24,30H,1-3H3/b25-23+. The molecule has 0 saturated carbocycles. The minimum atomic E-state index is -0.996. The van der Waals surface area contributed by atoms with E-state index in [9.17, 15) is 19.5 Å². The highest BCUT2D eigenvalue weighted by molar-refractivity contribution is 6.51. The molecule has 0 aliphatic carbocycles. The summed E-state index contributed by atoms with van der Waals surface area (Å²) in [6.07, 6.45) is 0. The third-order valence-corrected chi connectivity index (χ3v) is 5.55. The lowest BCUT2D eigenvalue weighted by Crippen LogP contribution is -2.29. The van der Waals surface area contributed by atoms with Crippen LogP contribution in [0.15, 0.2) is 78.4 Å². The number of benzene rings is 3. The lowest BCUT2D eigenvalue weighted by molar-refractivity contribution is -0.132. The second-order valence-corrected chi connectivity index (χ2v) is 7.77. The van der Waals surface area contributed by atoms with Gasteiger partial charge in [-0.25, -0.2) is 0 Å². The maximum absolute atomic E-state index is 13.3. The first-order chi connectivity index (χ1) is 16.8. The van der Waals surface area contributed by atoms with E-state index in [0.29, 0.717) is 28.3 Å². The maximum atomic E-state index is 13.3. The summed E-state index contributed by atoms with van der Waals surface area (Å²) in [6.45, 7) is 1.28. The first kappa shape index (κ1) is 23.6. The van der Waals surface area contributed by atoms with E-state index in [1.165, 1.54) is 26.0 Å². The molecule has 0 radical (unpaired) electrons. The second kappa shape index (κ2) is 9.72. The van der Waals surface area contributed by atoms with Gasteiger partial charge in [-0.15, -0.1) is 0 Å². The number of nitrogens with zero attached hydrogens (tertiary/aromatic N) is 1. The molecule has 1 aliphatic heterocycles. The molecule has 1 amide bonds. The normalized spacial score (nSPS) is 16.8. The van der Waals surface area contributed by atoms with E-state index in [0.717, 1.165) is 0 Å². The van der Waals surface area contributed by atoms with Crippen molar-refractivity contribution < 1.29 is 33.7 Å². The highest BCUT2D eigenvalue weighted by Gasteiger charge is 2.47. The number of carbonyl (C=O) groups is 3. The van der Waals surface area contributed by atoms with Crippen LogP contribution >= 0.6 is 0 Å². The lowest BCUT2D eigenvalue weighted by atomic mass is 9.95. The average molecular weight is 473 g/mol. The molecule has 35 heavy (non-hydrogen) atoms. The fraction of sp³-hybridized carbons (Fsp3) is 0.148. The van der Waals surface area contributed by atoms with Crippen molar-refractivity contribution in [1.82, 2.24) is 0 Å². The summed E-state index contributed by atoms with van der Waals surface area (Å²) in [6, 6.07) is 18.7. The summed E-state index contributed by atoms with van der Waals surface area (Å²) in [7, 11) is 2.98. The highest BCUT2D eigenvalue weighted by atomic mass is 16.5. The number of ether oxygens (including phenoxy) is 3. The van der Waals surface area contributed by atoms with Gasteiger partial charge < -0.3 is 19.3 Å². The number of rotatable bonds is 6. The van der Waals surface area contributed by atoms with Gasteiger partial charge in [-0.1, -0.05) is 30.3 Å². The van der Waals surface area contributed by atoms with E-state index < -0.39 is 23.7 Å². The molecule has 3 aromatic carbocycles. The third-order valence-electron chi connectivity index (χ3n) is 5.55. The van der Waals surface area contributed by atoms with Crippen LogP contribution in [-0.4, -0.2) is 37.0 Å². The summed E-state index contributed by atoms with van der Waals surface area (Å²) in [5, 5.41) is 11.3. The zero-order valence-electron chi connectivity index (χ0n) is 19.3. The Morgan fingerprint density at radius 1 is 0.857 bits per heavy atom. The van der Waals surface area contributed by atoms with Gasteiger partial charge in [0.05, 0.1) is 25.8 Å². The molecule has 0 aromatic heterocycles. The van der Waals surface area contributed by atoms with Gasteiger partial charge in [0.15, 0.2) is 0 Å². The van der Waals surface area contributed by atoms with Crippen molar-refractivity contribution in [2.75, 3.05) is 19.1 Å². The number of hydrogen-bond donors (Lipinski definition) is 1. The number of ketones is 1. The number of aliphatic hydroxyl groups is 1. The molecule has 4 rings (SSSR count). The van der Waals surface area contributed by atoms with Crippen LogP contribution in [0.25, 0.3) is 5.76 Å². The molecule has 1 heterocycles. The monoisotopic (exact) mass is 473 g/mol. The summed E-state index contributed by atoms with van der Waals surface area (Å²) < 4.78 is 15.7. The largest absolute Gasteiger partial charge is 0.507 e. The maximum Gasteiger partial charge on any atom is 0.308 e. The van der Waals surface area contributed by atoms with Crippen LogP contribution in [-0.2, 0) is 14.4 Å². The van der Waals surface area contributed by atoms with Gasteiger partial charge in [-0.05, 0) is 42.0 Å². The molecule has 1 aliphatic rings. The molecule has 1 N–H and O–H groups in total. The minimum absolute atomic E-state index is 0.106. The van der Waals surface area contributed by atoms with Gasteiger partial charge >= 0.3 is 5.97 Å². The molecule has 1 saturated heterocycles. The first-order valence-corrected chi connectivity index (χ1v) is 10.7. The van der Waals surface area contributed by atoms with Gasteiger partial charge in [-0.3, -0.25) is 19.3 Å². The van der Waals surface area contributed by atoms with Crippen molar-refractivity contribution in [3.63, 3.8) is 0 Å². The van der Waals surface area contributed by atoms with Crippen molar-refractivity contribution in [2.45, 2.75) is 13.0 Å². The number of methoxy groups -OCH3 is 2. The Kier molecular flexibility index (Phi) is 6.55. The molecule has 1 atom stereocenters. The molecule has 8 heteroatoms. The number of aliphatic hydroxyl groups excluding tert-OH is 1. The Balaban J connectivity index is 1.95. The molecule has 3 aromatic rings. The van der Waals surface area contributed by atoms with E-state index >= 15 is 0 Å². The Bertz CT molecular complexity index is 1340. The smallest absolute Gasteiger partial charge is 0.308 e. The number of hydrogen-bond acceptors (Lipinski definition) is 7. The summed E-state index contributed by atoms with van der Waals surface area (Å²) in [5.41, 5.74) is 1.08. The average Bonchev–Trinajstić information content (AvgIpc) is 3.13. The Morgan fingerprint density at radius 3 is 2.17 bits per heavy atom. The lowest BCUT2D eigenvalue weighted by Gasteiger charge is -2.26. The van der Waals surface area contributed by atoms with Crippen molar-refractivity contribution in [2.24, 2.45) is 0 Å². The fourth-order valence-corrected chi connectivity index (χ4v) is 4.01. The zero-order chi connectivity index (χ0) is 25.1. The van der Waals surface area contributed by atoms with Gasteiger partial charge in [0.1, 0.15) is 23.0 Å². The predicted octanol–water partition coefficient (Wildman–Crippen LogP) is 4.26. The van der Waals surface area contributed by atoms with E-state index in [1.807, 2.05) is 0 Å². The number of anilines is 1. The molecule has 8 nitrogen and oxygen atoms in total. The minimum Gasteiger partial charge on any atom is -0.507 e. The topological polar surface area (TPSA) is 102 Å². The number of esters is 1. The third kappa shape index (κ3) is 4.59. The van der Waals surface area contributed by atoms with E-state index in [-0.39, 0.29) is 17.1 Å². The molecule has 1 fully saturated rings. The van der Waals surface area contributed by atoms with Crippen LogP contribution in [0.5, 0.6) is 17.2 Å². The molecule has 0 bridgehead atoms. The number of carbonyl (C=O) groups excluding carboxylic acids is 3. The van der Waals surface area contributed by atoms with Gasteiger partial charge in [0.25, 0.3) is 11.7 Å². The summed E-state index contributed by atoms with van der Waals surface area (Å²) in [5.74, 6) is -1.32. The first-order valence-electron chi connectivity index (χ1n) is 10.7. The molecular formula is C27H23NO7. The zero-order valence-corrected chi connectivity index (χ0v) is 19.3. The van der Waals surface area contributed by atoms with Crippen LogP contribution in [0.1, 0.15) is 24.1 Å². The summed E-state index contributed by atoms with van der Waals surface area (Å²) in [4.78, 5) is 39.4. The van der Waals surface area contributed by atoms with Crippen LogP contribution < -0.4 is 19.1 Å². The van der Waals surface area contributed by atoms with Gasteiger partial charge in [0.2, 0.25) is 0 Å². The second-order valence-electron chi connectivity index (χ2n) is 7.77. The Hall–Kier alpha value is -4.59. The Labute approximate surface area is 202 Å². The van der Waals surface area contributed by atoms with Crippen LogP contribution in [0.4, 0.5) is 5.69 Å².